The number of rotatable bonds is 2. The van der Waals surface area contributed by atoms with E-state index in [9.17, 15) is 4.79 Å². The van der Waals surface area contributed by atoms with Crippen LogP contribution in [0, 0.1) is 6.92 Å². The molecule has 0 spiro atoms. The minimum atomic E-state index is -0.430. The fraction of sp³-hybridized carbons (Fsp3) is 0.500. The first-order chi connectivity index (χ1) is 8.77. The minimum Gasteiger partial charge on any atom is -0.486 e. The summed E-state index contributed by atoms with van der Waals surface area (Å²) in [5.74, 6) is 1.56. The largest absolute Gasteiger partial charge is 0.486 e. The van der Waals surface area contributed by atoms with E-state index >= 15 is 0 Å². The molecule has 0 radical (unpaired) electrons. The summed E-state index contributed by atoms with van der Waals surface area (Å²) in [6, 6.07) is 4.01. The quantitative estimate of drug-likeness (QED) is 0.594. The maximum atomic E-state index is 10.7. The summed E-state index contributed by atoms with van der Waals surface area (Å²) in [7, 11) is 0. The molecule has 0 saturated heterocycles. The molecule has 2 aliphatic rings. The molecule has 0 N–H and O–H groups in total. The Morgan fingerprint density at radius 1 is 1.22 bits per heavy atom. The lowest BCUT2D eigenvalue weighted by Gasteiger charge is -2.39. The predicted molar refractivity (Wildman–Crippen MR) is 65.8 cm³/mol. The van der Waals surface area contributed by atoms with Crippen molar-refractivity contribution in [2.24, 2.45) is 4.99 Å². The highest BCUT2D eigenvalue weighted by molar-refractivity contribution is 5.56. The van der Waals surface area contributed by atoms with E-state index in [0.717, 1.165) is 41.9 Å². The van der Waals surface area contributed by atoms with E-state index in [-0.39, 0.29) is 0 Å². The molecule has 1 fully saturated rings. The molecule has 1 aromatic carbocycles. The first-order valence-corrected chi connectivity index (χ1v) is 6.25. The number of nitrogens with zero attached hydrogens (tertiary/aromatic N) is 1. The number of ether oxygens (including phenoxy) is 2. The smallest absolute Gasteiger partial charge is 0.235 e. The first kappa shape index (κ1) is 11.3. The molecule has 0 aromatic heterocycles. The van der Waals surface area contributed by atoms with Crippen LogP contribution in [-0.2, 0) is 10.3 Å². The van der Waals surface area contributed by atoms with E-state index in [1.807, 2.05) is 19.1 Å². The zero-order valence-electron chi connectivity index (χ0n) is 10.4. The molecule has 0 unspecified atom stereocenters. The van der Waals surface area contributed by atoms with E-state index < -0.39 is 5.54 Å². The normalized spacial score (nSPS) is 19.6. The van der Waals surface area contributed by atoms with Gasteiger partial charge in [-0.05, 0) is 31.7 Å². The fourth-order valence-electron chi connectivity index (χ4n) is 2.68. The second kappa shape index (κ2) is 4.14. The molecule has 4 heteroatoms. The van der Waals surface area contributed by atoms with Crippen LogP contribution in [0.4, 0.5) is 0 Å². The standard InChI is InChI=1S/C14H15NO3/c1-10-3-4-11(13-12(10)17-7-8-18-13)14(15-9-16)5-2-6-14/h3-4H,2,5-8H2,1H3. The Kier molecular flexibility index (Phi) is 2.60. The number of isocyanates is 1. The maximum Gasteiger partial charge on any atom is 0.235 e. The molecular weight excluding hydrogens is 230 g/mol. The van der Waals surface area contributed by atoms with Crippen molar-refractivity contribution in [2.45, 2.75) is 31.7 Å². The number of hydrogen-bond acceptors (Lipinski definition) is 4. The SMILES string of the molecule is Cc1ccc(C2(N=C=O)CCC2)c2c1OCCO2. The lowest BCUT2D eigenvalue weighted by molar-refractivity contribution is 0.159. The van der Waals surface area contributed by atoms with Gasteiger partial charge in [-0.1, -0.05) is 12.1 Å². The number of fused-ring (bicyclic) bond motifs is 1. The second-order valence-corrected chi connectivity index (χ2v) is 4.87. The summed E-state index contributed by atoms with van der Waals surface area (Å²) in [5, 5.41) is 0. The Morgan fingerprint density at radius 3 is 2.56 bits per heavy atom. The molecule has 1 aromatic rings. The van der Waals surface area contributed by atoms with Gasteiger partial charge in [0.1, 0.15) is 18.8 Å². The summed E-state index contributed by atoms with van der Waals surface area (Å²) >= 11 is 0. The molecule has 1 aliphatic heterocycles. The first-order valence-electron chi connectivity index (χ1n) is 6.25. The Balaban J connectivity index is 2.15. The second-order valence-electron chi connectivity index (χ2n) is 4.87. The lowest BCUT2D eigenvalue weighted by atomic mass is 9.71. The summed E-state index contributed by atoms with van der Waals surface area (Å²) < 4.78 is 11.4. The third kappa shape index (κ3) is 1.53. The highest BCUT2D eigenvalue weighted by atomic mass is 16.6. The van der Waals surface area contributed by atoms with Crippen molar-refractivity contribution in [3.8, 4) is 11.5 Å². The highest BCUT2D eigenvalue weighted by Gasteiger charge is 2.42. The molecule has 1 aliphatic carbocycles. The van der Waals surface area contributed by atoms with Crippen molar-refractivity contribution >= 4 is 6.08 Å². The minimum absolute atomic E-state index is 0.430. The summed E-state index contributed by atoms with van der Waals surface area (Å²) in [6.45, 7) is 3.11. The Hall–Kier alpha value is -1.80. The van der Waals surface area contributed by atoms with Gasteiger partial charge in [-0.25, -0.2) is 4.79 Å². The van der Waals surface area contributed by atoms with Crippen molar-refractivity contribution < 1.29 is 14.3 Å². The van der Waals surface area contributed by atoms with Gasteiger partial charge in [0.05, 0.1) is 0 Å². The van der Waals surface area contributed by atoms with Gasteiger partial charge in [0.2, 0.25) is 6.08 Å². The van der Waals surface area contributed by atoms with E-state index in [4.69, 9.17) is 9.47 Å². The van der Waals surface area contributed by atoms with Crippen LogP contribution in [0.25, 0.3) is 0 Å². The average Bonchev–Trinajstić information content (AvgIpc) is 2.35. The van der Waals surface area contributed by atoms with Crippen molar-refractivity contribution in [1.29, 1.82) is 0 Å². The van der Waals surface area contributed by atoms with Crippen LogP contribution in [0.2, 0.25) is 0 Å². The van der Waals surface area contributed by atoms with Gasteiger partial charge in [0, 0.05) is 5.56 Å². The lowest BCUT2D eigenvalue weighted by Crippen LogP contribution is -2.33. The molecule has 1 heterocycles. The van der Waals surface area contributed by atoms with Gasteiger partial charge in [-0.2, -0.15) is 4.99 Å². The zero-order valence-corrected chi connectivity index (χ0v) is 10.4. The van der Waals surface area contributed by atoms with Crippen LogP contribution >= 0.6 is 0 Å². The average molecular weight is 245 g/mol. The molecular formula is C14H15NO3. The van der Waals surface area contributed by atoms with E-state index in [0.29, 0.717) is 13.2 Å². The Morgan fingerprint density at radius 2 is 1.94 bits per heavy atom. The van der Waals surface area contributed by atoms with Gasteiger partial charge >= 0.3 is 0 Å². The van der Waals surface area contributed by atoms with Crippen LogP contribution in [0.1, 0.15) is 30.4 Å². The van der Waals surface area contributed by atoms with Gasteiger partial charge in [-0.3, -0.25) is 0 Å². The number of aryl methyl sites for hydroxylation is 1. The van der Waals surface area contributed by atoms with Crippen molar-refractivity contribution in [1.82, 2.24) is 0 Å². The molecule has 3 rings (SSSR count). The van der Waals surface area contributed by atoms with Gasteiger partial charge in [0.15, 0.2) is 11.5 Å². The van der Waals surface area contributed by atoms with Crippen LogP contribution in [0.15, 0.2) is 17.1 Å². The van der Waals surface area contributed by atoms with Crippen molar-refractivity contribution in [3.63, 3.8) is 0 Å². The third-order valence-corrected chi connectivity index (χ3v) is 3.83. The topological polar surface area (TPSA) is 47.9 Å². The molecule has 18 heavy (non-hydrogen) atoms. The molecule has 0 bridgehead atoms. The van der Waals surface area contributed by atoms with Gasteiger partial charge in [-0.15, -0.1) is 0 Å². The summed E-state index contributed by atoms with van der Waals surface area (Å²) in [5.41, 5.74) is 1.59. The van der Waals surface area contributed by atoms with Crippen LogP contribution < -0.4 is 9.47 Å². The van der Waals surface area contributed by atoms with Crippen molar-refractivity contribution in [3.05, 3.63) is 23.3 Å². The Bertz CT molecular complexity index is 528. The molecule has 94 valence electrons. The van der Waals surface area contributed by atoms with E-state index in [1.54, 1.807) is 6.08 Å². The van der Waals surface area contributed by atoms with Crippen molar-refractivity contribution in [2.75, 3.05) is 13.2 Å². The molecule has 0 atom stereocenters. The number of benzene rings is 1. The van der Waals surface area contributed by atoms with E-state index in [1.165, 1.54) is 0 Å². The Labute approximate surface area is 106 Å². The molecule has 1 saturated carbocycles. The molecule has 0 amide bonds. The number of aliphatic imine (C=N–C) groups is 1. The van der Waals surface area contributed by atoms with Gasteiger partial charge in [0.25, 0.3) is 0 Å². The zero-order chi connectivity index (χ0) is 12.6. The molecule has 4 nitrogen and oxygen atoms in total. The summed E-state index contributed by atoms with van der Waals surface area (Å²) in [4.78, 5) is 14.7. The highest BCUT2D eigenvalue weighted by Crippen LogP contribution is 2.51. The maximum absolute atomic E-state index is 10.7. The van der Waals surface area contributed by atoms with Crippen LogP contribution in [0.5, 0.6) is 11.5 Å². The van der Waals surface area contributed by atoms with E-state index in [2.05, 4.69) is 4.99 Å². The number of hydrogen-bond donors (Lipinski definition) is 0. The monoisotopic (exact) mass is 245 g/mol. The number of carbonyl (C=O) groups excluding carboxylic acids is 1. The fourth-order valence-corrected chi connectivity index (χ4v) is 2.68. The third-order valence-electron chi connectivity index (χ3n) is 3.83. The predicted octanol–water partition coefficient (Wildman–Crippen LogP) is 2.48. The summed E-state index contributed by atoms with van der Waals surface area (Å²) in [6.07, 6.45) is 4.54. The van der Waals surface area contributed by atoms with Crippen LogP contribution in [0.3, 0.4) is 0 Å². The van der Waals surface area contributed by atoms with Crippen LogP contribution in [-0.4, -0.2) is 19.3 Å². The van der Waals surface area contributed by atoms with Gasteiger partial charge < -0.3 is 9.47 Å².